The number of nitrogens with zero attached hydrogens (tertiary/aromatic N) is 1. The first-order valence-electron chi connectivity index (χ1n) is 10.1. The van der Waals surface area contributed by atoms with Gasteiger partial charge in [-0.05, 0) is 37.8 Å². The van der Waals surface area contributed by atoms with Gasteiger partial charge in [0.25, 0.3) is 0 Å². The molecular weight excluding hydrogens is 522 g/mol. The predicted octanol–water partition coefficient (Wildman–Crippen LogP) is 1.72. The first-order chi connectivity index (χ1) is 13.8. The van der Waals surface area contributed by atoms with Crippen molar-refractivity contribution in [3.05, 3.63) is 35.6 Å². The van der Waals surface area contributed by atoms with E-state index < -0.39 is 9.84 Å². The van der Waals surface area contributed by atoms with Crippen LogP contribution in [0.1, 0.15) is 38.2 Å². The Morgan fingerprint density at radius 1 is 1.27 bits per heavy atom. The van der Waals surface area contributed by atoms with E-state index in [9.17, 15) is 17.6 Å². The fraction of sp³-hybridized carbons (Fsp3) is 0.600. The molecule has 3 N–H and O–H groups in total. The Balaban J connectivity index is 0.00000320. The summed E-state index contributed by atoms with van der Waals surface area (Å²) in [6.07, 6.45) is 2.51. The Hall–Kier alpha value is -1.43. The van der Waals surface area contributed by atoms with Gasteiger partial charge in [-0.25, -0.2) is 12.8 Å². The third-order valence-electron chi connectivity index (χ3n) is 5.42. The first-order valence-corrected chi connectivity index (χ1v) is 11.9. The lowest BCUT2D eigenvalue weighted by Gasteiger charge is -2.17. The molecule has 30 heavy (non-hydrogen) atoms. The fourth-order valence-electron chi connectivity index (χ4n) is 3.63. The Labute approximate surface area is 194 Å². The minimum atomic E-state index is -3.01. The van der Waals surface area contributed by atoms with Crippen molar-refractivity contribution in [1.82, 2.24) is 16.0 Å². The van der Waals surface area contributed by atoms with E-state index in [1.54, 1.807) is 6.07 Å². The molecule has 1 unspecified atom stereocenters. The number of halogens is 2. The van der Waals surface area contributed by atoms with Crippen LogP contribution in [0.4, 0.5) is 4.39 Å². The molecule has 1 aromatic rings. The largest absolute Gasteiger partial charge is 0.357 e. The minimum Gasteiger partial charge on any atom is -0.357 e. The molecule has 0 spiro atoms. The molecule has 3 rings (SSSR count). The average molecular weight is 552 g/mol. The van der Waals surface area contributed by atoms with Gasteiger partial charge in [0, 0.05) is 31.0 Å². The van der Waals surface area contributed by atoms with E-state index in [2.05, 4.69) is 20.9 Å². The number of sulfone groups is 1. The van der Waals surface area contributed by atoms with Gasteiger partial charge in [0.05, 0.1) is 18.1 Å². The van der Waals surface area contributed by atoms with Crippen LogP contribution in [0.15, 0.2) is 29.3 Å². The van der Waals surface area contributed by atoms with Crippen molar-refractivity contribution in [2.24, 2.45) is 4.99 Å². The third-order valence-corrected chi connectivity index (χ3v) is 7.19. The number of rotatable bonds is 8. The van der Waals surface area contributed by atoms with Crippen molar-refractivity contribution in [3.8, 4) is 0 Å². The standard InChI is InChI=1S/C20H29FN4O3S.HI/c1-2-22-19(23-11-7-18(26)25-15-8-12-29(27,28)13-15)24-14-20(9-10-20)16-5-3-4-6-17(16)21;/h3-6,15H,2,7-14H2,1H3,(H,25,26)(H2,22,23,24);1H. The molecule has 7 nitrogen and oxygen atoms in total. The second-order valence-electron chi connectivity index (χ2n) is 7.80. The van der Waals surface area contributed by atoms with Crippen molar-refractivity contribution in [2.45, 2.75) is 44.1 Å². The highest BCUT2D eigenvalue weighted by Gasteiger charge is 2.45. The summed E-state index contributed by atoms with van der Waals surface area (Å²) in [7, 11) is -3.01. The average Bonchev–Trinajstić information content (AvgIpc) is 3.37. The SMILES string of the molecule is CCNC(=NCC1(c2ccccc2F)CC1)NCCC(=O)NC1CCS(=O)(=O)C1.I. The summed E-state index contributed by atoms with van der Waals surface area (Å²) >= 11 is 0. The Morgan fingerprint density at radius 3 is 2.60 bits per heavy atom. The number of nitrogens with one attached hydrogen (secondary N) is 3. The normalized spacial score (nSPS) is 21.4. The fourth-order valence-corrected chi connectivity index (χ4v) is 5.30. The second kappa shape index (κ2) is 10.7. The Bertz CT molecular complexity index is 875. The highest BCUT2D eigenvalue weighted by molar-refractivity contribution is 14.0. The van der Waals surface area contributed by atoms with Crippen LogP contribution >= 0.6 is 24.0 Å². The summed E-state index contributed by atoms with van der Waals surface area (Å²) < 4.78 is 37.1. The van der Waals surface area contributed by atoms with E-state index in [0.29, 0.717) is 37.6 Å². The van der Waals surface area contributed by atoms with E-state index in [-0.39, 0.29) is 65.1 Å². The van der Waals surface area contributed by atoms with Crippen molar-refractivity contribution in [1.29, 1.82) is 0 Å². The molecule has 2 fully saturated rings. The van der Waals surface area contributed by atoms with Gasteiger partial charge in [-0.15, -0.1) is 24.0 Å². The molecule has 0 radical (unpaired) electrons. The molecule has 1 saturated carbocycles. The second-order valence-corrected chi connectivity index (χ2v) is 10.0. The molecule has 10 heteroatoms. The highest BCUT2D eigenvalue weighted by Crippen LogP contribution is 2.49. The molecule has 2 aliphatic rings. The summed E-state index contributed by atoms with van der Waals surface area (Å²) in [4.78, 5) is 16.7. The van der Waals surface area contributed by atoms with Crippen molar-refractivity contribution in [2.75, 3.05) is 31.1 Å². The molecule has 0 aromatic heterocycles. The number of amides is 1. The number of hydrogen-bond acceptors (Lipinski definition) is 4. The van der Waals surface area contributed by atoms with Crippen molar-refractivity contribution < 1.29 is 17.6 Å². The van der Waals surface area contributed by atoms with Gasteiger partial charge in [0.2, 0.25) is 5.91 Å². The summed E-state index contributed by atoms with van der Waals surface area (Å²) in [6, 6.07) is 6.56. The number of carbonyl (C=O) groups excluding carboxylic acids is 1. The molecule has 1 aliphatic heterocycles. The van der Waals surface area contributed by atoms with E-state index in [1.165, 1.54) is 6.07 Å². The molecule has 1 heterocycles. The van der Waals surface area contributed by atoms with Gasteiger partial charge >= 0.3 is 0 Å². The number of guanidine groups is 1. The van der Waals surface area contributed by atoms with Crippen LogP contribution in [0.5, 0.6) is 0 Å². The van der Waals surface area contributed by atoms with E-state index in [4.69, 9.17) is 0 Å². The monoisotopic (exact) mass is 552 g/mol. The van der Waals surface area contributed by atoms with Gasteiger partial charge in [-0.1, -0.05) is 18.2 Å². The van der Waals surface area contributed by atoms with E-state index >= 15 is 0 Å². The van der Waals surface area contributed by atoms with Crippen LogP contribution in [0, 0.1) is 5.82 Å². The summed E-state index contributed by atoms with van der Waals surface area (Å²) in [6.45, 7) is 3.48. The maximum Gasteiger partial charge on any atom is 0.222 e. The molecule has 1 atom stereocenters. The topological polar surface area (TPSA) is 99.7 Å². The summed E-state index contributed by atoms with van der Waals surface area (Å²) in [5.41, 5.74) is 0.476. The van der Waals surface area contributed by atoms with Gasteiger partial charge in [-0.2, -0.15) is 0 Å². The summed E-state index contributed by atoms with van der Waals surface area (Å²) in [5, 5.41) is 9.04. The first kappa shape index (κ1) is 24.8. The zero-order chi connectivity index (χ0) is 20.9. The van der Waals surface area contributed by atoms with Crippen molar-refractivity contribution in [3.63, 3.8) is 0 Å². The van der Waals surface area contributed by atoms with Crippen LogP contribution < -0.4 is 16.0 Å². The summed E-state index contributed by atoms with van der Waals surface area (Å²) in [5.74, 6) is 0.376. The molecule has 1 aliphatic carbocycles. The van der Waals surface area contributed by atoms with Crippen molar-refractivity contribution >= 4 is 45.7 Å². The van der Waals surface area contributed by atoms with Crippen LogP contribution in [-0.4, -0.2) is 57.5 Å². The molecule has 168 valence electrons. The molecule has 1 saturated heterocycles. The number of benzene rings is 1. The van der Waals surface area contributed by atoms with Crippen LogP contribution in [-0.2, 0) is 20.0 Å². The smallest absolute Gasteiger partial charge is 0.222 e. The third kappa shape index (κ3) is 6.79. The molecular formula is C20H30FIN4O3S. The lowest BCUT2D eigenvalue weighted by Crippen LogP contribution is -2.41. The van der Waals surface area contributed by atoms with Gasteiger partial charge in [0.1, 0.15) is 5.82 Å². The zero-order valence-corrected chi connectivity index (χ0v) is 20.3. The molecule has 1 amide bonds. The molecule has 0 bridgehead atoms. The van der Waals surface area contributed by atoms with Gasteiger partial charge in [-0.3, -0.25) is 9.79 Å². The Kier molecular flexibility index (Phi) is 8.89. The minimum absolute atomic E-state index is 0. The Morgan fingerprint density at radius 2 is 2.00 bits per heavy atom. The lowest BCUT2D eigenvalue weighted by atomic mass is 9.95. The lowest BCUT2D eigenvalue weighted by molar-refractivity contribution is -0.121. The zero-order valence-electron chi connectivity index (χ0n) is 17.1. The maximum absolute atomic E-state index is 14.1. The van der Waals surface area contributed by atoms with Crippen LogP contribution in [0.3, 0.4) is 0 Å². The highest BCUT2D eigenvalue weighted by atomic mass is 127. The number of carbonyl (C=O) groups is 1. The van der Waals surface area contributed by atoms with Crippen LogP contribution in [0.2, 0.25) is 0 Å². The van der Waals surface area contributed by atoms with E-state index in [1.807, 2.05) is 19.1 Å². The number of aliphatic imine (C=N–C) groups is 1. The quantitative estimate of drug-likeness (QED) is 0.259. The maximum atomic E-state index is 14.1. The molecule has 1 aromatic carbocycles. The van der Waals surface area contributed by atoms with Gasteiger partial charge < -0.3 is 16.0 Å². The van der Waals surface area contributed by atoms with Gasteiger partial charge in [0.15, 0.2) is 15.8 Å². The van der Waals surface area contributed by atoms with Crippen LogP contribution in [0.25, 0.3) is 0 Å². The predicted molar refractivity (Wildman–Crippen MR) is 127 cm³/mol. The number of hydrogen-bond donors (Lipinski definition) is 3. The van der Waals surface area contributed by atoms with E-state index in [0.717, 1.165) is 12.8 Å².